The lowest BCUT2D eigenvalue weighted by molar-refractivity contribution is 0.0746. The van der Waals surface area contributed by atoms with E-state index in [-0.39, 0.29) is 5.91 Å². The lowest BCUT2D eigenvalue weighted by Gasteiger charge is -2.35. The number of rotatable bonds is 3. The predicted octanol–water partition coefficient (Wildman–Crippen LogP) is 2.41. The topological polar surface area (TPSA) is 78.0 Å². The molecule has 0 spiro atoms. The third-order valence-electron chi connectivity index (χ3n) is 4.83. The molecule has 0 saturated carbocycles. The van der Waals surface area contributed by atoms with Gasteiger partial charge >= 0.3 is 0 Å². The van der Waals surface area contributed by atoms with Gasteiger partial charge in [0.25, 0.3) is 5.91 Å². The third-order valence-corrected chi connectivity index (χ3v) is 4.83. The molecule has 1 saturated heterocycles. The molecule has 0 atom stereocenters. The maximum atomic E-state index is 12.7. The minimum atomic E-state index is -0.00367. The van der Waals surface area contributed by atoms with Crippen LogP contribution in [0.2, 0.25) is 0 Å². The van der Waals surface area contributed by atoms with Crippen molar-refractivity contribution in [2.45, 2.75) is 6.92 Å². The zero-order valence-electron chi connectivity index (χ0n) is 15.6. The van der Waals surface area contributed by atoms with Crippen LogP contribution in [0.4, 0.5) is 5.82 Å². The van der Waals surface area contributed by atoms with Crippen LogP contribution < -0.4 is 4.90 Å². The van der Waals surface area contributed by atoms with Crippen molar-refractivity contribution in [1.82, 2.24) is 19.4 Å². The third kappa shape index (κ3) is 3.58. The monoisotopic (exact) mass is 372 g/mol. The molecule has 0 unspecified atom stereocenters. The highest BCUT2D eigenvalue weighted by Crippen LogP contribution is 2.18. The fourth-order valence-corrected chi connectivity index (χ4v) is 3.33. The highest BCUT2D eigenvalue weighted by Gasteiger charge is 2.23. The Hall–Kier alpha value is -3.66. The molecule has 28 heavy (non-hydrogen) atoms. The predicted molar refractivity (Wildman–Crippen MR) is 105 cm³/mol. The summed E-state index contributed by atoms with van der Waals surface area (Å²) in [5.41, 5.74) is 1.17. The van der Waals surface area contributed by atoms with Gasteiger partial charge in [0.15, 0.2) is 0 Å². The lowest BCUT2D eigenvalue weighted by atomic mass is 10.1. The van der Waals surface area contributed by atoms with Crippen molar-refractivity contribution in [3.05, 3.63) is 71.8 Å². The van der Waals surface area contributed by atoms with E-state index >= 15 is 0 Å². The number of carbonyl (C=O) groups excluding carboxylic acids is 1. The number of hydrogen-bond acceptors (Lipinski definition) is 5. The molecule has 3 aromatic rings. The second kappa shape index (κ2) is 7.53. The summed E-state index contributed by atoms with van der Waals surface area (Å²) < 4.78 is 1.96. The highest BCUT2D eigenvalue weighted by molar-refractivity contribution is 5.94. The Morgan fingerprint density at radius 3 is 2.29 bits per heavy atom. The van der Waals surface area contributed by atoms with Crippen LogP contribution in [0.25, 0.3) is 5.82 Å². The standard InChI is InChI=1S/C21H20N6O/c1-16-23-19(25-8-2-3-9-25)14-20(24-16)26-10-12-27(13-11-26)21(28)18-6-4-17(15-22)5-7-18/h2-9,14H,10-13H2,1H3. The summed E-state index contributed by atoms with van der Waals surface area (Å²) >= 11 is 0. The molecule has 140 valence electrons. The Kier molecular flexibility index (Phi) is 4.77. The minimum absolute atomic E-state index is 0.00367. The summed E-state index contributed by atoms with van der Waals surface area (Å²) in [4.78, 5) is 25.8. The fraction of sp³-hybridized carbons (Fsp3) is 0.238. The van der Waals surface area contributed by atoms with Crippen LogP contribution in [-0.4, -0.2) is 51.5 Å². The summed E-state index contributed by atoms with van der Waals surface area (Å²) in [6, 6.07) is 14.8. The quantitative estimate of drug-likeness (QED) is 0.705. The van der Waals surface area contributed by atoms with Gasteiger partial charge in [0, 0.05) is 50.2 Å². The van der Waals surface area contributed by atoms with E-state index in [1.807, 2.05) is 47.0 Å². The summed E-state index contributed by atoms with van der Waals surface area (Å²) in [6.45, 7) is 4.57. The highest BCUT2D eigenvalue weighted by atomic mass is 16.2. The van der Waals surface area contributed by atoms with Crippen molar-refractivity contribution in [1.29, 1.82) is 5.26 Å². The van der Waals surface area contributed by atoms with Gasteiger partial charge in [-0.1, -0.05) is 0 Å². The average Bonchev–Trinajstić information content (AvgIpc) is 3.28. The number of anilines is 1. The molecule has 1 aromatic carbocycles. The van der Waals surface area contributed by atoms with Crippen LogP contribution in [0.1, 0.15) is 21.7 Å². The molecule has 7 heteroatoms. The normalized spacial score (nSPS) is 14.0. The first-order chi connectivity index (χ1) is 13.6. The van der Waals surface area contributed by atoms with Gasteiger partial charge < -0.3 is 14.4 Å². The Morgan fingerprint density at radius 1 is 1.00 bits per heavy atom. The van der Waals surface area contributed by atoms with Gasteiger partial charge in [-0.05, 0) is 43.3 Å². The van der Waals surface area contributed by atoms with E-state index in [1.54, 1.807) is 24.3 Å². The van der Waals surface area contributed by atoms with Crippen molar-refractivity contribution in [2.24, 2.45) is 0 Å². The fourth-order valence-electron chi connectivity index (χ4n) is 3.33. The van der Waals surface area contributed by atoms with Crippen LogP contribution >= 0.6 is 0 Å². The van der Waals surface area contributed by atoms with Crippen LogP contribution in [0.15, 0.2) is 54.9 Å². The number of hydrogen-bond donors (Lipinski definition) is 0. The zero-order valence-corrected chi connectivity index (χ0v) is 15.6. The van der Waals surface area contributed by atoms with E-state index in [1.165, 1.54) is 0 Å². The summed E-state index contributed by atoms with van der Waals surface area (Å²) in [5, 5.41) is 8.89. The Balaban J connectivity index is 1.45. The number of aryl methyl sites for hydroxylation is 1. The van der Waals surface area contributed by atoms with E-state index in [9.17, 15) is 4.79 Å². The van der Waals surface area contributed by atoms with Gasteiger partial charge in [0.05, 0.1) is 11.6 Å². The largest absolute Gasteiger partial charge is 0.353 e. The van der Waals surface area contributed by atoms with Gasteiger partial charge in [-0.3, -0.25) is 4.79 Å². The maximum absolute atomic E-state index is 12.7. The van der Waals surface area contributed by atoms with Gasteiger partial charge in [-0.2, -0.15) is 5.26 Å². The number of nitriles is 1. The average molecular weight is 372 g/mol. The van der Waals surface area contributed by atoms with Crippen molar-refractivity contribution in [2.75, 3.05) is 31.1 Å². The Bertz CT molecular complexity index is 1010. The van der Waals surface area contributed by atoms with E-state index in [0.717, 1.165) is 17.5 Å². The molecule has 1 aliphatic heterocycles. The number of piperazine rings is 1. The second-order valence-electron chi connectivity index (χ2n) is 6.69. The number of aromatic nitrogens is 3. The second-order valence-corrected chi connectivity index (χ2v) is 6.69. The molecule has 3 heterocycles. The minimum Gasteiger partial charge on any atom is -0.353 e. The number of nitrogens with zero attached hydrogens (tertiary/aromatic N) is 6. The van der Waals surface area contributed by atoms with Gasteiger partial charge in [0.1, 0.15) is 17.5 Å². The SMILES string of the molecule is Cc1nc(N2CCN(C(=O)c3ccc(C#N)cc3)CC2)cc(-n2cccc2)n1. The summed E-state index contributed by atoms with van der Waals surface area (Å²) in [7, 11) is 0. The number of amides is 1. The van der Waals surface area contributed by atoms with Crippen molar-refractivity contribution in [3.63, 3.8) is 0 Å². The van der Waals surface area contributed by atoms with Crippen molar-refractivity contribution in [3.8, 4) is 11.9 Å². The summed E-state index contributed by atoms with van der Waals surface area (Å²) in [5.74, 6) is 2.43. The van der Waals surface area contributed by atoms with Crippen molar-refractivity contribution < 1.29 is 4.79 Å². The van der Waals surface area contributed by atoms with E-state index in [2.05, 4.69) is 20.9 Å². The lowest BCUT2D eigenvalue weighted by Crippen LogP contribution is -2.49. The molecule has 0 aliphatic carbocycles. The Labute approximate surface area is 163 Å². The molecular weight excluding hydrogens is 352 g/mol. The van der Waals surface area contributed by atoms with Gasteiger partial charge in [-0.15, -0.1) is 0 Å². The van der Waals surface area contributed by atoms with Crippen LogP contribution in [-0.2, 0) is 0 Å². The molecule has 7 nitrogen and oxygen atoms in total. The molecule has 4 rings (SSSR count). The molecule has 0 radical (unpaired) electrons. The maximum Gasteiger partial charge on any atom is 0.253 e. The van der Waals surface area contributed by atoms with Gasteiger partial charge in [-0.25, -0.2) is 9.97 Å². The van der Waals surface area contributed by atoms with E-state index in [0.29, 0.717) is 37.3 Å². The molecular formula is C21H20N6O. The van der Waals surface area contributed by atoms with Crippen LogP contribution in [0.3, 0.4) is 0 Å². The molecule has 2 aromatic heterocycles. The first kappa shape index (κ1) is 17.7. The Morgan fingerprint density at radius 2 is 1.64 bits per heavy atom. The molecule has 1 amide bonds. The van der Waals surface area contributed by atoms with Gasteiger partial charge in [0.2, 0.25) is 0 Å². The van der Waals surface area contributed by atoms with E-state index < -0.39 is 0 Å². The summed E-state index contributed by atoms with van der Waals surface area (Å²) in [6.07, 6.45) is 3.92. The van der Waals surface area contributed by atoms with Crippen LogP contribution in [0.5, 0.6) is 0 Å². The number of carbonyl (C=O) groups is 1. The van der Waals surface area contributed by atoms with Crippen molar-refractivity contribution >= 4 is 11.7 Å². The first-order valence-electron chi connectivity index (χ1n) is 9.17. The molecule has 1 aliphatic rings. The zero-order chi connectivity index (χ0) is 19.5. The molecule has 0 N–H and O–H groups in total. The molecule has 0 bridgehead atoms. The van der Waals surface area contributed by atoms with E-state index in [4.69, 9.17) is 5.26 Å². The molecule has 1 fully saturated rings. The first-order valence-corrected chi connectivity index (χ1v) is 9.17. The van der Waals surface area contributed by atoms with Crippen LogP contribution in [0, 0.1) is 18.3 Å². The smallest absolute Gasteiger partial charge is 0.253 e. The number of benzene rings is 1.